The van der Waals surface area contributed by atoms with E-state index in [1.54, 1.807) is 6.07 Å². The van der Waals surface area contributed by atoms with Crippen LogP contribution in [-0.4, -0.2) is 18.2 Å². The summed E-state index contributed by atoms with van der Waals surface area (Å²) >= 11 is 0. The van der Waals surface area contributed by atoms with E-state index in [2.05, 4.69) is 19.2 Å². The van der Waals surface area contributed by atoms with Crippen LogP contribution in [0.2, 0.25) is 0 Å². The predicted octanol–water partition coefficient (Wildman–Crippen LogP) is 3.50. The molecule has 3 heteroatoms. The molecule has 1 fully saturated rings. The predicted molar refractivity (Wildman–Crippen MR) is 67.8 cm³/mol. The van der Waals surface area contributed by atoms with Gasteiger partial charge in [-0.25, -0.2) is 4.39 Å². The quantitative estimate of drug-likeness (QED) is 0.850. The Morgan fingerprint density at radius 2 is 1.88 bits per heavy atom. The number of hydrogen-bond acceptors (Lipinski definition) is 2. The highest BCUT2D eigenvalue weighted by Crippen LogP contribution is 2.24. The summed E-state index contributed by atoms with van der Waals surface area (Å²) < 4.78 is 18.9. The van der Waals surface area contributed by atoms with E-state index >= 15 is 0 Å². The molecule has 1 aliphatic rings. The third kappa shape index (κ3) is 3.19. The van der Waals surface area contributed by atoms with Gasteiger partial charge in [0.2, 0.25) is 0 Å². The SMILES string of the molecule is Cc1ccc(F)cc1NC1CC(C)OC(C)C1. The second-order valence-corrected chi connectivity index (χ2v) is 5.03. The molecule has 0 aromatic heterocycles. The van der Waals surface area contributed by atoms with E-state index in [9.17, 15) is 4.39 Å². The highest BCUT2D eigenvalue weighted by atomic mass is 19.1. The second kappa shape index (κ2) is 5.05. The Bertz CT molecular complexity index is 384. The zero-order valence-electron chi connectivity index (χ0n) is 10.7. The molecule has 94 valence electrons. The lowest BCUT2D eigenvalue weighted by atomic mass is 9.99. The Kier molecular flexibility index (Phi) is 3.67. The molecule has 0 aliphatic carbocycles. The highest BCUT2D eigenvalue weighted by molar-refractivity contribution is 5.51. The van der Waals surface area contributed by atoms with Crippen molar-refractivity contribution in [1.29, 1.82) is 0 Å². The van der Waals surface area contributed by atoms with Gasteiger partial charge in [-0.05, 0) is 51.3 Å². The number of rotatable bonds is 2. The molecule has 0 saturated carbocycles. The molecule has 1 saturated heterocycles. The lowest BCUT2D eigenvalue weighted by Crippen LogP contribution is -2.37. The normalized spacial score (nSPS) is 29.1. The van der Waals surface area contributed by atoms with Crippen molar-refractivity contribution in [3.05, 3.63) is 29.6 Å². The molecule has 1 N–H and O–H groups in total. The Labute approximate surface area is 102 Å². The lowest BCUT2D eigenvalue weighted by Gasteiger charge is -2.33. The molecule has 1 heterocycles. The molecule has 1 aliphatic heterocycles. The first-order valence-corrected chi connectivity index (χ1v) is 6.22. The van der Waals surface area contributed by atoms with Crippen molar-refractivity contribution in [2.24, 2.45) is 0 Å². The van der Waals surface area contributed by atoms with Crippen molar-refractivity contribution < 1.29 is 9.13 Å². The zero-order valence-corrected chi connectivity index (χ0v) is 10.7. The Morgan fingerprint density at radius 1 is 1.24 bits per heavy atom. The summed E-state index contributed by atoms with van der Waals surface area (Å²) in [4.78, 5) is 0. The van der Waals surface area contributed by atoms with Gasteiger partial charge in [-0.3, -0.25) is 0 Å². The van der Waals surface area contributed by atoms with Crippen molar-refractivity contribution >= 4 is 5.69 Å². The van der Waals surface area contributed by atoms with E-state index in [1.807, 2.05) is 13.0 Å². The molecular formula is C14H20FNO. The van der Waals surface area contributed by atoms with E-state index in [0.717, 1.165) is 24.1 Å². The van der Waals surface area contributed by atoms with Crippen molar-refractivity contribution in [1.82, 2.24) is 0 Å². The van der Waals surface area contributed by atoms with Crippen molar-refractivity contribution in [3.63, 3.8) is 0 Å². The minimum atomic E-state index is -0.189. The monoisotopic (exact) mass is 237 g/mol. The van der Waals surface area contributed by atoms with E-state index < -0.39 is 0 Å². The van der Waals surface area contributed by atoms with Crippen molar-refractivity contribution in [3.8, 4) is 0 Å². The molecule has 1 aromatic rings. The summed E-state index contributed by atoms with van der Waals surface area (Å²) in [7, 11) is 0. The lowest BCUT2D eigenvalue weighted by molar-refractivity contribution is -0.0337. The highest BCUT2D eigenvalue weighted by Gasteiger charge is 2.24. The maximum Gasteiger partial charge on any atom is 0.125 e. The smallest absolute Gasteiger partial charge is 0.125 e. The summed E-state index contributed by atoms with van der Waals surface area (Å²) in [6.07, 6.45) is 2.48. The van der Waals surface area contributed by atoms with Gasteiger partial charge in [0.15, 0.2) is 0 Å². The third-order valence-corrected chi connectivity index (χ3v) is 3.26. The third-order valence-electron chi connectivity index (χ3n) is 3.26. The first-order valence-electron chi connectivity index (χ1n) is 6.22. The van der Waals surface area contributed by atoms with Crippen LogP contribution in [0.3, 0.4) is 0 Å². The number of benzene rings is 1. The van der Waals surface area contributed by atoms with Gasteiger partial charge in [0.25, 0.3) is 0 Å². The van der Waals surface area contributed by atoms with E-state index in [0.29, 0.717) is 6.04 Å². The van der Waals surface area contributed by atoms with Gasteiger partial charge < -0.3 is 10.1 Å². The number of halogens is 1. The Morgan fingerprint density at radius 3 is 2.53 bits per heavy atom. The van der Waals surface area contributed by atoms with Crippen LogP contribution in [0, 0.1) is 12.7 Å². The van der Waals surface area contributed by atoms with Crippen LogP contribution in [0.25, 0.3) is 0 Å². The van der Waals surface area contributed by atoms with Crippen LogP contribution >= 0.6 is 0 Å². The molecule has 0 bridgehead atoms. The minimum Gasteiger partial charge on any atom is -0.382 e. The molecule has 2 nitrogen and oxygen atoms in total. The van der Waals surface area contributed by atoms with E-state index in [1.165, 1.54) is 6.07 Å². The maximum absolute atomic E-state index is 13.2. The standard InChI is InChI=1S/C14H20FNO/c1-9-4-5-12(15)8-14(9)16-13-6-10(2)17-11(3)7-13/h4-5,8,10-11,13,16H,6-7H2,1-3H3. The van der Waals surface area contributed by atoms with Crippen molar-refractivity contribution in [2.45, 2.75) is 51.9 Å². The van der Waals surface area contributed by atoms with Crippen LogP contribution in [0.4, 0.5) is 10.1 Å². The fraction of sp³-hybridized carbons (Fsp3) is 0.571. The van der Waals surface area contributed by atoms with Crippen LogP contribution in [0.5, 0.6) is 0 Å². The summed E-state index contributed by atoms with van der Waals surface area (Å²) in [5.41, 5.74) is 1.98. The fourth-order valence-corrected chi connectivity index (χ4v) is 2.49. The van der Waals surface area contributed by atoms with Gasteiger partial charge in [0.1, 0.15) is 5.82 Å². The topological polar surface area (TPSA) is 21.3 Å². The van der Waals surface area contributed by atoms with Gasteiger partial charge in [0, 0.05) is 11.7 Å². The first-order chi connectivity index (χ1) is 8.04. The Balaban J connectivity index is 2.07. The maximum atomic E-state index is 13.2. The van der Waals surface area contributed by atoms with E-state index in [-0.39, 0.29) is 18.0 Å². The van der Waals surface area contributed by atoms with Crippen LogP contribution < -0.4 is 5.32 Å². The molecular weight excluding hydrogens is 217 g/mol. The number of nitrogens with one attached hydrogen (secondary N) is 1. The molecule has 0 spiro atoms. The summed E-state index contributed by atoms with van der Waals surface area (Å²) in [6, 6.07) is 5.24. The van der Waals surface area contributed by atoms with Crippen LogP contribution in [-0.2, 0) is 4.74 Å². The van der Waals surface area contributed by atoms with Crippen LogP contribution in [0.1, 0.15) is 32.3 Å². The molecule has 2 rings (SSSR count). The van der Waals surface area contributed by atoms with Crippen LogP contribution in [0.15, 0.2) is 18.2 Å². The minimum absolute atomic E-state index is 0.189. The van der Waals surface area contributed by atoms with Gasteiger partial charge in [-0.2, -0.15) is 0 Å². The van der Waals surface area contributed by atoms with Gasteiger partial charge >= 0.3 is 0 Å². The number of aryl methyl sites for hydroxylation is 1. The summed E-state index contributed by atoms with van der Waals surface area (Å²) in [5.74, 6) is -0.189. The van der Waals surface area contributed by atoms with Gasteiger partial charge in [-0.1, -0.05) is 6.07 Å². The average Bonchev–Trinajstić information content (AvgIpc) is 2.22. The number of ether oxygens (including phenoxy) is 1. The average molecular weight is 237 g/mol. The summed E-state index contributed by atoms with van der Waals surface area (Å²) in [6.45, 7) is 6.17. The second-order valence-electron chi connectivity index (χ2n) is 5.03. The molecule has 0 amide bonds. The molecule has 2 unspecified atom stereocenters. The van der Waals surface area contributed by atoms with Crippen molar-refractivity contribution in [2.75, 3.05) is 5.32 Å². The summed E-state index contributed by atoms with van der Waals surface area (Å²) in [5, 5.41) is 3.43. The molecule has 17 heavy (non-hydrogen) atoms. The van der Waals surface area contributed by atoms with Gasteiger partial charge in [0.05, 0.1) is 12.2 Å². The first kappa shape index (κ1) is 12.4. The zero-order chi connectivity index (χ0) is 12.4. The van der Waals surface area contributed by atoms with E-state index in [4.69, 9.17) is 4.74 Å². The number of anilines is 1. The molecule has 0 radical (unpaired) electrons. The fourth-order valence-electron chi connectivity index (χ4n) is 2.49. The largest absolute Gasteiger partial charge is 0.382 e. The van der Waals surface area contributed by atoms with Gasteiger partial charge in [-0.15, -0.1) is 0 Å². The number of hydrogen-bond donors (Lipinski definition) is 1. The Hall–Kier alpha value is -1.09. The molecule has 2 atom stereocenters. The molecule has 1 aromatic carbocycles.